The monoisotopic (exact) mass is 356 g/mol. The molecule has 1 aromatic carbocycles. The maximum atomic E-state index is 11.6. The lowest BCUT2D eigenvalue weighted by Crippen LogP contribution is -2.17. The van der Waals surface area contributed by atoms with Crippen LogP contribution < -0.4 is 4.72 Å². The van der Waals surface area contributed by atoms with Crippen LogP contribution in [0.25, 0.3) is 0 Å². The van der Waals surface area contributed by atoms with E-state index in [1.807, 2.05) is 0 Å². The van der Waals surface area contributed by atoms with E-state index in [1.165, 1.54) is 18.2 Å². The molecule has 0 aliphatic carbocycles. The molecule has 18 heavy (non-hydrogen) atoms. The maximum absolute atomic E-state index is 11.6. The van der Waals surface area contributed by atoms with Crippen molar-refractivity contribution < 1.29 is 13.3 Å². The van der Waals surface area contributed by atoms with E-state index in [0.717, 1.165) is 0 Å². The average molecular weight is 358 g/mol. The van der Waals surface area contributed by atoms with Crippen LogP contribution in [0.1, 0.15) is 6.42 Å². The molecule has 1 rings (SSSR count). The smallest absolute Gasteiger partial charge is 0.277 e. The van der Waals surface area contributed by atoms with Crippen LogP contribution in [0.15, 0.2) is 22.7 Å². The number of nitro benzene ring substituents is 1. The molecule has 0 spiro atoms. The highest BCUT2D eigenvalue weighted by atomic mass is 79.9. The molecule has 0 bridgehead atoms. The van der Waals surface area contributed by atoms with Crippen molar-refractivity contribution in [2.75, 3.05) is 16.4 Å². The van der Waals surface area contributed by atoms with Crippen LogP contribution in [0.4, 0.5) is 11.4 Å². The molecule has 0 atom stereocenters. The molecule has 0 saturated carbocycles. The van der Waals surface area contributed by atoms with Gasteiger partial charge in [-0.2, -0.15) is 0 Å². The van der Waals surface area contributed by atoms with E-state index in [-0.39, 0.29) is 29.4 Å². The molecule has 6 nitrogen and oxygen atoms in total. The van der Waals surface area contributed by atoms with Gasteiger partial charge < -0.3 is 0 Å². The molecule has 1 aromatic rings. The van der Waals surface area contributed by atoms with Crippen LogP contribution in [0, 0.1) is 10.1 Å². The summed E-state index contributed by atoms with van der Waals surface area (Å²) in [4.78, 5) is 10.2. The Bertz CT molecular complexity index is 549. The summed E-state index contributed by atoms with van der Waals surface area (Å²) in [6.45, 7) is 0. The number of anilines is 1. The van der Waals surface area contributed by atoms with Crippen molar-refractivity contribution >= 4 is 48.9 Å². The Labute approximate surface area is 118 Å². The number of rotatable bonds is 6. The Hall–Kier alpha value is -0.860. The number of hydrogen-bond donors (Lipinski definition) is 1. The summed E-state index contributed by atoms with van der Waals surface area (Å²) in [5, 5.41) is 10.8. The first-order chi connectivity index (χ1) is 8.35. The van der Waals surface area contributed by atoms with Crippen molar-refractivity contribution in [3.63, 3.8) is 0 Å². The van der Waals surface area contributed by atoms with Crippen LogP contribution in [-0.4, -0.2) is 25.0 Å². The van der Waals surface area contributed by atoms with E-state index in [4.69, 9.17) is 11.6 Å². The Morgan fingerprint density at radius 2 is 2.11 bits per heavy atom. The molecule has 0 aliphatic rings. The number of halogens is 2. The van der Waals surface area contributed by atoms with Crippen LogP contribution in [-0.2, 0) is 10.0 Å². The number of alkyl halides is 1. The second-order valence-electron chi connectivity index (χ2n) is 3.38. The number of nitrogens with zero attached hydrogens (tertiary/aromatic N) is 1. The summed E-state index contributed by atoms with van der Waals surface area (Å²) in [6, 6.07) is 4.09. The Kier molecular flexibility index (Phi) is 5.36. The van der Waals surface area contributed by atoms with E-state index < -0.39 is 14.9 Å². The van der Waals surface area contributed by atoms with Gasteiger partial charge >= 0.3 is 0 Å². The highest BCUT2D eigenvalue weighted by Crippen LogP contribution is 2.28. The Balaban J connectivity index is 3.01. The predicted octanol–water partition coefficient (Wildman–Crippen LogP) is 2.73. The van der Waals surface area contributed by atoms with Crippen molar-refractivity contribution in [3.8, 4) is 0 Å². The van der Waals surface area contributed by atoms with Gasteiger partial charge in [0.15, 0.2) is 0 Å². The van der Waals surface area contributed by atoms with Gasteiger partial charge in [-0.15, -0.1) is 11.6 Å². The fraction of sp³-hybridized carbons (Fsp3) is 0.333. The lowest BCUT2D eigenvalue weighted by molar-refractivity contribution is -0.384. The molecule has 9 heteroatoms. The Morgan fingerprint density at radius 3 is 2.67 bits per heavy atom. The maximum Gasteiger partial charge on any atom is 0.294 e. The van der Waals surface area contributed by atoms with Gasteiger partial charge in [0.05, 0.1) is 10.7 Å². The van der Waals surface area contributed by atoms with E-state index in [9.17, 15) is 18.5 Å². The lowest BCUT2D eigenvalue weighted by atomic mass is 10.3. The van der Waals surface area contributed by atoms with Crippen LogP contribution in [0.3, 0.4) is 0 Å². The average Bonchev–Trinajstić information content (AvgIpc) is 2.28. The van der Waals surface area contributed by atoms with Crippen molar-refractivity contribution in [3.05, 3.63) is 32.8 Å². The molecule has 0 saturated heterocycles. The van der Waals surface area contributed by atoms with Gasteiger partial charge in [-0.25, -0.2) is 8.42 Å². The molecule has 0 aliphatic heterocycles. The second kappa shape index (κ2) is 6.35. The molecular weight excluding hydrogens is 348 g/mol. The fourth-order valence-corrected chi connectivity index (χ4v) is 2.98. The summed E-state index contributed by atoms with van der Waals surface area (Å²) in [6.07, 6.45) is 0.279. The number of nitro groups is 1. The lowest BCUT2D eigenvalue weighted by Gasteiger charge is -2.07. The normalized spacial score (nSPS) is 11.2. The quantitative estimate of drug-likeness (QED) is 0.481. The molecule has 0 amide bonds. The second-order valence-corrected chi connectivity index (χ2v) is 6.52. The molecule has 0 unspecified atom stereocenters. The van der Waals surface area contributed by atoms with E-state index >= 15 is 0 Å². The van der Waals surface area contributed by atoms with Crippen molar-refractivity contribution in [2.45, 2.75) is 6.42 Å². The molecular formula is C9H10BrClN2O4S. The first-order valence-corrected chi connectivity index (χ1v) is 7.84. The third kappa shape index (κ3) is 4.43. The van der Waals surface area contributed by atoms with Crippen molar-refractivity contribution in [1.82, 2.24) is 0 Å². The highest BCUT2D eigenvalue weighted by Gasteiger charge is 2.19. The summed E-state index contributed by atoms with van der Waals surface area (Å²) in [5.74, 6) is 0.0348. The minimum atomic E-state index is -3.62. The van der Waals surface area contributed by atoms with Gasteiger partial charge in [0.2, 0.25) is 10.0 Å². The van der Waals surface area contributed by atoms with Gasteiger partial charge in [-0.05, 0) is 18.6 Å². The first kappa shape index (κ1) is 15.2. The first-order valence-electron chi connectivity index (χ1n) is 4.86. The predicted molar refractivity (Wildman–Crippen MR) is 73.5 cm³/mol. The third-order valence-electron chi connectivity index (χ3n) is 1.97. The number of sulfonamides is 1. The van der Waals surface area contributed by atoms with Crippen molar-refractivity contribution in [1.29, 1.82) is 0 Å². The van der Waals surface area contributed by atoms with Gasteiger partial charge in [0.1, 0.15) is 5.69 Å². The Morgan fingerprint density at radius 1 is 1.44 bits per heavy atom. The number of hydrogen-bond acceptors (Lipinski definition) is 4. The van der Waals surface area contributed by atoms with Crippen LogP contribution >= 0.6 is 27.5 Å². The highest BCUT2D eigenvalue weighted by molar-refractivity contribution is 9.10. The molecule has 1 N–H and O–H groups in total. The molecule has 0 heterocycles. The minimum absolute atomic E-state index is 0.0576. The van der Waals surface area contributed by atoms with Crippen LogP contribution in [0.5, 0.6) is 0 Å². The summed E-state index contributed by atoms with van der Waals surface area (Å²) in [5.41, 5.74) is -0.364. The van der Waals surface area contributed by atoms with E-state index in [1.54, 1.807) is 0 Å². The zero-order valence-electron chi connectivity index (χ0n) is 9.10. The number of nitrogens with one attached hydrogen (secondary N) is 1. The van der Waals surface area contributed by atoms with Gasteiger partial charge in [-0.3, -0.25) is 14.8 Å². The summed E-state index contributed by atoms with van der Waals surface area (Å²) < 4.78 is 25.9. The zero-order chi connectivity index (χ0) is 13.8. The molecule has 0 aromatic heterocycles. The van der Waals surface area contributed by atoms with E-state index in [0.29, 0.717) is 4.47 Å². The largest absolute Gasteiger partial charge is 0.294 e. The summed E-state index contributed by atoms with van der Waals surface area (Å²) >= 11 is 8.49. The van der Waals surface area contributed by atoms with Gasteiger partial charge in [0.25, 0.3) is 5.69 Å². The zero-order valence-corrected chi connectivity index (χ0v) is 12.3. The SMILES string of the molecule is O=[N+]([O-])c1cc(Br)ccc1NS(=O)(=O)CCCCl. The molecule has 0 fully saturated rings. The van der Waals surface area contributed by atoms with Crippen molar-refractivity contribution in [2.24, 2.45) is 0 Å². The summed E-state index contributed by atoms with van der Waals surface area (Å²) in [7, 11) is -3.62. The van der Waals surface area contributed by atoms with Gasteiger partial charge in [-0.1, -0.05) is 15.9 Å². The molecule has 100 valence electrons. The third-order valence-corrected chi connectivity index (χ3v) is 4.09. The minimum Gasteiger partial charge on any atom is -0.277 e. The number of benzene rings is 1. The van der Waals surface area contributed by atoms with E-state index in [2.05, 4.69) is 20.7 Å². The molecule has 0 radical (unpaired) electrons. The van der Waals surface area contributed by atoms with Crippen LogP contribution in [0.2, 0.25) is 0 Å². The van der Waals surface area contributed by atoms with Gasteiger partial charge in [0, 0.05) is 16.4 Å². The standard InChI is InChI=1S/C9H10BrClN2O4S/c10-7-2-3-8(9(6-7)13(14)15)12-18(16,17)5-1-4-11/h2-3,6,12H,1,4-5H2. The fourth-order valence-electron chi connectivity index (χ4n) is 1.21. The topological polar surface area (TPSA) is 89.3 Å².